The smallest absolute Gasteiger partial charge is 0.163 e. The first-order valence-corrected chi connectivity index (χ1v) is 4.94. The molecular formula is C11H17N3O. The Hall–Kier alpha value is -1.47. The maximum atomic E-state index is 5.62. The third-order valence-electron chi connectivity index (χ3n) is 2.19. The van der Waals surface area contributed by atoms with Crippen LogP contribution in [0, 0.1) is 26.2 Å². The van der Waals surface area contributed by atoms with Gasteiger partial charge in [-0.25, -0.2) is 0 Å². The van der Waals surface area contributed by atoms with Crippen molar-refractivity contribution in [3.63, 3.8) is 0 Å². The van der Waals surface area contributed by atoms with Crippen LogP contribution in [-0.2, 0) is 7.05 Å². The van der Waals surface area contributed by atoms with Gasteiger partial charge >= 0.3 is 0 Å². The first-order valence-electron chi connectivity index (χ1n) is 4.94. The van der Waals surface area contributed by atoms with Gasteiger partial charge in [-0.05, 0) is 13.8 Å². The van der Waals surface area contributed by atoms with E-state index in [9.17, 15) is 0 Å². The molecule has 0 unspecified atom stereocenters. The summed E-state index contributed by atoms with van der Waals surface area (Å²) in [6.45, 7) is 5.86. The Bertz CT molecular complexity index is 363. The van der Waals surface area contributed by atoms with E-state index in [-0.39, 0.29) is 0 Å². The highest BCUT2D eigenvalue weighted by atomic mass is 16.5. The van der Waals surface area contributed by atoms with E-state index in [0.717, 1.165) is 23.7 Å². The largest absolute Gasteiger partial charge is 0.488 e. The molecule has 15 heavy (non-hydrogen) atoms. The van der Waals surface area contributed by atoms with E-state index in [4.69, 9.17) is 11.2 Å². The van der Waals surface area contributed by atoms with Crippen LogP contribution in [0.4, 0.5) is 0 Å². The van der Waals surface area contributed by atoms with E-state index in [1.54, 1.807) is 0 Å². The van der Waals surface area contributed by atoms with Gasteiger partial charge in [0.1, 0.15) is 12.3 Å². The van der Waals surface area contributed by atoms with Gasteiger partial charge in [-0.2, -0.15) is 5.10 Å². The maximum absolute atomic E-state index is 5.62. The standard InChI is InChI=1S/C11H17N3O/c1-5-6-12-7-8-15-11-9(2)13-14(4)10(11)3/h1,12H,6-8H2,2-4H3. The lowest BCUT2D eigenvalue weighted by atomic mass is 10.3. The summed E-state index contributed by atoms with van der Waals surface area (Å²) in [6, 6.07) is 0. The van der Waals surface area contributed by atoms with Gasteiger partial charge in [-0.3, -0.25) is 4.68 Å². The predicted molar refractivity (Wildman–Crippen MR) is 59.9 cm³/mol. The number of aromatic nitrogens is 2. The summed E-state index contributed by atoms with van der Waals surface area (Å²) in [6.07, 6.45) is 5.11. The third kappa shape index (κ3) is 3.00. The van der Waals surface area contributed by atoms with Gasteiger partial charge < -0.3 is 10.1 Å². The second kappa shape index (κ2) is 5.42. The van der Waals surface area contributed by atoms with Gasteiger partial charge in [-0.1, -0.05) is 5.92 Å². The van der Waals surface area contributed by atoms with Crippen LogP contribution >= 0.6 is 0 Å². The molecule has 4 nitrogen and oxygen atoms in total. The van der Waals surface area contributed by atoms with Gasteiger partial charge in [0.15, 0.2) is 5.75 Å². The highest BCUT2D eigenvalue weighted by molar-refractivity contribution is 5.31. The number of nitrogens with zero attached hydrogens (tertiary/aromatic N) is 2. The van der Waals surface area contributed by atoms with Crippen LogP contribution in [0.1, 0.15) is 11.4 Å². The molecule has 0 bridgehead atoms. The fourth-order valence-electron chi connectivity index (χ4n) is 1.35. The number of ether oxygens (including phenoxy) is 1. The van der Waals surface area contributed by atoms with E-state index in [2.05, 4.69) is 16.3 Å². The predicted octanol–water partition coefficient (Wildman–Crippen LogP) is 0.639. The molecule has 0 atom stereocenters. The quantitative estimate of drug-likeness (QED) is 0.569. The minimum Gasteiger partial charge on any atom is -0.488 e. The van der Waals surface area contributed by atoms with Crippen LogP contribution in [-0.4, -0.2) is 29.5 Å². The van der Waals surface area contributed by atoms with Crippen molar-refractivity contribution in [1.29, 1.82) is 0 Å². The fourth-order valence-corrected chi connectivity index (χ4v) is 1.35. The molecule has 0 radical (unpaired) electrons. The minimum absolute atomic E-state index is 0.578. The Morgan fingerprint density at radius 2 is 2.27 bits per heavy atom. The Kier molecular flexibility index (Phi) is 4.19. The summed E-state index contributed by atoms with van der Waals surface area (Å²) in [7, 11) is 1.91. The molecule has 0 aliphatic heterocycles. The Morgan fingerprint density at radius 3 is 2.80 bits per heavy atom. The summed E-state index contributed by atoms with van der Waals surface area (Å²) in [5.74, 6) is 3.39. The Morgan fingerprint density at radius 1 is 1.53 bits per heavy atom. The molecule has 1 N–H and O–H groups in total. The zero-order chi connectivity index (χ0) is 11.3. The molecule has 1 rings (SSSR count). The van der Waals surface area contributed by atoms with E-state index in [0.29, 0.717) is 13.2 Å². The van der Waals surface area contributed by atoms with E-state index in [1.165, 1.54) is 0 Å². The number of terminal acetylenes is 1. The van der Waals surface area contributed by atoms with Gasteiger partial charge in [0, 0.05) is 13.6 Å². The molecule has 0 fully saturated rings. The summed E-state index contributed by atoms with van der Waals surface area (Å²) < 4.78 is 7.44. The molecule has 1 aromatic heterocycles. The zero-order valence-corrected chi connectivity index (χ0v) is 9.50. The topological polar surface area (TPSA) is 39.1 Å². The molecule has 4 heteroatoms. The maximum Gasteiger partial charge on any atom is 0.163 e. The zero-order valence-electron chi connectivity index (χ0n) is 9.50. The third-order valence-corrected chi connectivity index (χ3v) is 2.19. The second-order valence-electron chi connectivity index (χ2n) is 3.35. The van der Waals surface area contributed by atoms with Gasteiger partial charge in [0.25, 0.3) is 0 Å². The number of rotatable bonds is 5. The van der Waals surface area contributed by atoms with E-state index in [1.807, 2.05) is 25.6 Å². The summed E-state index contributed by atoms with van der Waals surface area (Å²) in [5, 5.41) is 7.33. The van der Waals surface area contributed by atoms with Crippen molar-refractivity contribution in [1.82, 2.24) is 15.1 Å². The Balaban J connectivity index is 2.41. The minimum atomic E-state index is 0.578. The average molecular weight is 207 g/mol. The van der Waals surface area contributed by atoms with Gasteiger partial charge in [-0.15, -0.1) is 6.42 Å². The highest BCUT2D eigenvalue weighted by Gasteiger charge is 2.09. The monoisotopic (exact) mass is 207 g/mol. The fraction of sp³-hybridized carbons (Fsp3) is 0.545. The molecule has 0 aromatic carbocycles. The lowest BCUT2D eigenvalue weighted by Crippen LogP contribution is -2.21. The molecule has 0 amide bonds. The lowest BCUT2D eigenvalue weighted by molar-refractivity contribution is 0.312. The molecular weight excluding hydrogens is 190 g/mol. The molecule has 1 heterocycles. The molecule has 0 spiro atoms. The molecule has 82 valence electrons. The number of hydrogen-bond acceptors (Lipinski definition) is 3. The molecule has 0 aliphatic carbocycles. The van der Waals surface area contributed by atoms with Crippen molar-refractivity contribution >= 4 is 0 Å². The van der Waals surface area contributed by atoms with Gasteiger partial charge in [0.05, 0.1) is 12.2 Å². The van der Waals surface area contributed by atoms with E-state index < -0.39 is 0 Å². The van der Waals surface area contributed by atoms with Crippen molar-refractivity contribution in [3.05, 3.63) is 11.4 Å². The van der Waals surface area contributed by atoms with Crippen LogP contribution < -0.4 is 10.1 Å². The molecule has 0 aliphatic rings. The summed E-state index contributed by atoms with van der Waals surface area (Å²) in [5.41, 5.74) is 1.97. The van der Waals surface area contributed by atoms with Crippen LogP contribution in [0.15, 0.2) is 0 Å². The second-order valence-corrected chi connectivity index (χ2v) is 3.35. The number of aryl methyl sites for hydroxylation is 2. The molecule has 0 saturated carbocycles. The van der Waals surface area contributed by atoms with E-state index >= 15 is 0 Å². The number of nitrogens with one attached hydrogen (secondary N) is 1. The van der Waals surface area contributed by atoms with Crippen molar-refractivity contribution in [3.8, 4) is 18.1 Å². The van der Waals surface area contributed by atoms with Crippen molar-refractivity contribution in [2.45, 2.75) is 13.8 Å². The lowest BCUT2D eigenvalue weighted by Gasteiger charge is -2.06. The van der Waals surface area contributed by atoms with Crippen molar-refractivity contribution in [2.24, 2.45) is 7.05 Å². The van der Waals surface area contributed by atoms with Gasteiger partial charge in [0.2, 0.25) is 0 Å². The van der Waals surface area contributed by atoms with Crippen molar-refractivity contribution < 1.29 is 4.74 Å². The van der Waals surface area contributed by atoms with Crippen LogP contribution in [0.2, 0.25) is 0 Å². The Labute approximate surface area is 90.6 Å². The van der Waals surface area contributed by atoms with Crippen LogP contribution in [0.3, 0.4) is 0 Å². The first kappa shape index (κ1) is 11.6. The molecule has 1 aromatic rings. The van der Waals surface area contributed by atoms with Crippen LogP contribution in [0.25, 0.3) is 0 Å². The summed E-state index contributed by atoms with van der Waals surface area (Å²) in [4.78, 5) is 0. The highest BCUT2D eigenvalue weighted by Crippen LogP contribution is 2.20. The van der Waals surface area contributed by atoms with Crippen LogP contribution in [0.5, 0.6) is 5.75 Å². The first-order chi connectivity index (χ1) is 7.16. The summed E-state index contributed by atoms with van der Waals surface area (Å²) >= 11 is 0. The average Bonchev–Trinajstić information content (AvgIpc) is 2.44. The molecule has 0 saturated heterocycles. The normalized spacial score (nSPS) is 10.0. The van der Waals surface area contributed by atoms with Crippen molar-refractivity contribution in [2.75, 3.05) is 19.7 Å². The SMILES string of the molecule is C#CCNCCOc1c(C)nn(C)c1C. The number of hydrogen-bond donors (Lipinski definition) is 1.